The summed E-state index contributed by atoms with van der Waals surface area (Å²) in [5.41, 5.74) is 10.2. The molecular weight excluding hydrogens is 1610 g/mol. The van der Waals surface area contributed by atoms with Crippen molar-refractivity contribution in [1.29, 1.82) is 0 Å². The molecule has 18 aromatic carbocycles. The SMILES string of the molecule is OC1C(OCc2ccc3ccccc3c2)C(NC(c2ccccc2)(c2ccccc2)c2ccccc2)CC(NC(c2ccccc2)(c2ccccc2)c2ccccc2)C1OC1OC(CNC(c2ccccc2)(c2ccccc2)c2ccccc2)C(OCc2ccc3ccccc3c2)C(OCc2ccc3ccccc3c2)C1NC(c1ccccc1)(c1ccccc1)c1ccccc1. The van der Waals surface area contributed by atoms with Crippen molar-refractivity contribution >= 4 is 32.3 Å². The predicted octanol–water partition coefficient (Wildman–Crippen LogP) is 23.5. The van der Waals surface area contributed by atoms with Gasteiger partial charge in [0.15, 0.2) is 6.29 Å². The zero-order valence-electron chi connectivity index (χ0n) is 73.1. The summed E-state index contributed by atoms with van der Waals surface area (Å²) in [6, 6.07) is 171. The molecule has 0 bridgehead atoms. The van der Waals surface area contributed by atoms with Gasteiger partial charge in [0.25, 0.3) is 0 Å². The molecule has 0 radical (unpaired) electrons. The molecule has 1 heterocycles. The number of nitrogens with one attached hydrogen (secondary N) is 4. The molecule has 131 heavy (non-hydrogen) atoms. The van der Waals surface area contributed by atoms with Gasteiger partial charge in [-0.05, 0) is 140 Å². The molecule has 1 saturated carbocycles. The first-order valence-electron chi connectivity index (χ1n) is 45.8. The first-order chi connectivity index (χ1) is 64.8. The standard InChI is InChI=1S/C121H106N4O6/c126-112-113(127-84-87-73-76-90-43-37-40-46-93(90)79-87)108(123-119(99-55-19-4-20-56-99,100-57-21-5-22-58-100)101-59-23-6-24-60-101)82-109(124-120(102-61-25-7-26-62-102,103-63-27-8-28-64-103)104-65-29-9-30-66-104)114(112)131-117-111(125-121(105-67-31-10-32-68-105,106-69-33-11-34-70-106)107-71-35-12-36-72-107)116(129-86-89-75-78-92-45-39-42-48-95(92)81-89)115(128-85-88-74-77-91-44-38-41-47-94(91)80-88)110(130-117)83-122-118(96-49-13-1-14-50-96,97-51-15-2-16-52-97)98-53-17-3-18-54-98/h1-81,108-117,122-126H,82-86H2. The second-order valence-electron chi connectivity index (χ2n) is 34.7. The number of rotatable bonds is 32. The molecule has 5 N–H and O–H groups in total. The number of aliphatic hydroxyl groups excluding tert-OH is 1. The number of ether oxygens (including phenoxy) is 5. The van der Waals surface area contributed by atoms with E-state index in [1.165, 1.54) is 0 Å². The van der Waals surface area contributed by atoms with Gasteiger partial charge in [0, 0.05) is 18.6 Å². The Bertz CT molecular complexity index is 6320. The molecule has 1 aliphatic heterocycles. The summed E-state index contributed by atoms with van der Waals surface area (Å²) >= 11 is 0. The van der Waals surface area contributed by atoms with Crippen LogP contribution in [0.1, 0.15) is 89.9 Å². The highest BCUT2D eigenvalue weighted by Gasteiger charge is 2.58. The van der Waals surface area contributed by atoms with Gasteiger partial charge in [0.2, 0.25) is 0 Å². The lowest BCUT2D eigenvalue weighted by atomic mass is 9.72. The third kappa shape index (κ3) is 17.6. The van der Waals surface area contributed by atoms with Crippen LogP contribution in [0.5, 0.6) is 0 Å². The van der Waals surface area contributed by atoms with Crippen molar-refractivity contribution in [3.63, 3.8) is 0 Å². The van der Waals surface area contributed by atoms with Crippen molar-refractivity contribution in [2.45, 2.75) is 109 Å². The number of hydrogen-bond acceptors (Lipinski definition) is 10. The summed E-state index contributed by atoms with van der Waals surface area (Å²) in [6.07, 6.45) is -7.65. The lowest BCUT2D eigenvalue weighted by Gasteiger charge is -2.54. The summed E-state index contributed by atoms with van der Waals surface area (Å²) in [5.74, 6) is 0. The predicted molar refractivity (Wildman–Crippen MR) is 527 cm³/mol. The van der Waals surface area contributed by atoms with Crippen LogP contribution >= 0.6 is 0 Å². The fourth-order valence-corrected chi connectivity index (χ4v) is 20.7. The molecule has 1 saturated heterocycles. The third-order valence-electron chi connectivity index (χ3n) is 26.9. The molecule has 1 aliphatic carbocycles. The van der Waals surface area contributed by atoms with Crippen LogP contribution in [0.25, 0.3) is 32.3 Å². The zero-order valence-corrected chi connectivity index (χ0v) is 73.1. The molecule has 18 aromatic rings. The first-order valence-corrected chi connectivity index (χ1v) is 45.8. The van der Waals surface area contributed by atoms with Gasteiger partial charge in [-0.3, -0.25) is 21.3 Å². The molecule has 10 atom stereocenters. The quantitative estimate of drug-likeness (QED) is 0.0261. The molecule has 10 nitrogen and oxygen atoms in total. The molecular formula is C121H106N4O6. The highest BCUT2D eigenvalue weighted by molar-refractivity contribution is 5.85. The van der Waals surface area contributed by atoms with Gasteiger partial charge in [-0.15, -0.1) is 0 Å². The van der Waals surface area contributed by atoms with E-state index in [1.54, 1.807) is 0 Å². The molecule has 0 spiro atoms. The Hall–Kier alpha value is -13.7. The normalized spacial score (nSPS) is 19.0. The van der Waals surface area contributed by atoms with Crippen LogP contribution in [-0.4, -0.2) is 72.7 Å². The van der Waals surface area contributed by atoms with E-state index < -0.39 is 83.2 Å². The fraction of sp³-hybridized carbons (Fsp3) is 0.157. The van der Waals surface area contributed by atoms with Gasteiger partial charge in [0.1, 0.15) is 36.6 Å². The summed E-state index contributed by atoms with van der Waals surface area (Å²) < 4.78 is 41.6. The average molecular weight is 1710 g/mol. The van der Waals surface area contributed by atoms with Gasteiger partial charge in [-0.25, -0.2) is 0 Å². The van der Waals surface area contributed by atoms with Crippen LogP contribution in [-0.2, 0) is 65.7 Å². The molecule has 10 heteroatoms. The molecule has 646 valence electrons. The third-order valence-corrected chi connectivity index (χ3v) is 26.9. The van der Waals surface area contributed by atoms with Gasteiger partial charge in [-0.1, -0.05) is 473 Å². The smallest absolute Gasteiger partial charge is 0.176 e. The van der Waals surface area contributed by atoms with Crippen molar-refractivity contribution in [2.24, 2.45) is 0 Å². The number of fused-ring (bicyclic) bond motifs is 3. The summed E-state index contributed by atoms with van der Waals surface area (Å²) in [7, 11) is 0. The van der Waals surface area contributed by atoms with Crippen molar-refractivity contribution in [2.75, 3.05) is 6.54 Å². The lowest BCUT2D eigenvalue weighted by molar-refractivity contribution is -0.310. The topological polar surface area (TPSA) is 115 Å². The van der Waals surface area contributed by atoms with Crippen LogP contribution in [0, 0.1) is 0 Å². The van der Waals surface area contributed by atoms with Crippen molar-refractivity contribution in [3.8, 4) is 0 Å². The summed E-state index contributed by atoms with van der Waals surface area (Å²) in [5, 5.41) is 40.2. The van der Waals surface area contributed by atoms with E-state index in [2.05, 4.69) is 513 Å². The molecule has 0 aromatic heterocycles. The van der Waals surface area contributed by atoms with Gasteiger partial charge in [-0.2, -0.15) is 0 Å². The van der Waals surface area contributed by atoms with Gasteiger partial charge in [0.05, 0.1) is 48.0 Å². The molecule has 10 unspecified atom stereocenters. The second kappa shape index (κ2) is 39.3. The Kier molecular flexibility index (Phi) is 25.7. The summed E-state index contributed by atoms with van der Waals surface area (Å²) in [4.78, 5) is 0. The number of benzene rings is 18. The molecule has 2 aliphatic rings. The fourth-order valence-electron chi connectivity index (χ4n) is 20.7. The lowest BCUT2D eigenvalue weighted by Crippen LogP contribution is -2.73. The molecule has 2 fully saturated rings. The maximum absolute atomic E-state index is 15.5. The number of hydrogen-bond donors (Lipinski definition) is 5. The van der Waals surface area contributed by atoms with Crippen LogP contribution in [0.2, 0.25) is 0 Å². The molecule has 20 rings (SSSR count). The Morgan fingerprint density at radius 3 is 0.771 bits per heavy atom. The Balaban J connectivity index is 0.845. The van der Waals surface area contributed by atoms with Crippen LogP contribution < -0.4 is 21.3 Å². The van der Waals surface area contributed by atoms with E-state index in [-0.39, 0.29) is 32.8 Å². The van der Waals surface area contributed by atoms with Crippen molar-refractivity contribution in [3.05, 3.63) is 575 Å². The van der Waals surface area contributed by atoms with E-state index in [1.807, 2.05) is 0 Å². The Labute approximate surface area is 768 Å². The van der Waals surface area contributed by atoms with Crippen LogP contribution in [0.15, 0.2) is 491 Å². The summed E-state index contributed by atoms with van der Waals surface area (Å²) in [6.45, 7) is 0.593. The monoisotopic (exact) mass is 1710 g/mol. The van der Waals surface area contributed by atoms with Gasteiger partial charge >= 0.3 is 0 Å². The second-order valence-corrected chi connectivity index (χ2v) is 34.7. The van der Waals surface area contributed by atoms with E-state index in [4.69, 9.17) is 23.7 Å². The minimum absolute atomic E-state index is 0.130. The van der Waals surface area contributed by atoms with Crippen molar-refractivity contribution in [1.82, 2.24) is 21.3 Å². The molecule has 0 amide bonds. The zero-order chi connectivity index (χ0) is 88.1. The van der Waals surface area contributed by atoms with E-state index in [9.17, 15) is 0 Å². The number of aliphatic hydroxyl groups is 1. The van der Waals surface area contributed by atoms with Crippen molar-refractivity contribution < 1.29 is 28.8 Å². The maximum Gasteiger partial charge on any atom is 0.176 e. The van der Waals surface area contributed by atoms with E-state index >= 15 is 5.11 Å². The van der Waals surface area contributed by atoms with E-state index in [0.717, 1.165) is 116 Å². The van der Waals surface area contributed by atoms with Crippen LogP contribution in [0.4, 0.5) is 0 Å². The highest BCUT2D eigenvalue weighted by Crippen LogP contribution is 2.48. The van der Waals surface area contributed by atoms with Gasteiger partial charge < -0.3 is 28.8 Å². The Morgan fingerprint density at radius 1 is 0.244 bits per heavy atom. The maximum atomic E-state index is 15.5. The highest BCUT2D eigenvalue weighted by atomic mass is 16.7. The average Bonchev–Trinajstić information content (AvgIpc) is 0.735. The Morgan fingerprint density at radius 2 is 0.481 bits per heavy atom. The minimum atomic E-state index is -1.48. The van der Waals surface area contributed by atoms with Crippen LogP contribution in [0.3, 0.4) is 0 Å². The first kappa shape index (κ1) is 85.4. The van der Waals surface area contributed by atoms with E-state index in [0.29, 0.717) is 0 Å². The largest absolute Gasteiger partial charge is 0.388 e. The minimum Gasteiger partial charge on any atom is -0.388 e.